The number of rotatable bonds is 7. The van der Waals surface area contributed by atoms with Crippen LogP contribution in [0.3, 0.4) is 0 Å². The molecule has 3 aromatic carbocycles. The summed E-state index contributed by atoms with van der Waals surface area (Å²) in [5, 5.41) is 0.583. The Morgan fingerprint density at radius 1 is 0.972 bits per heavy atom. The van der Waals surface area contributed by atoms with Crippen molar-refractivity contribution in [1.82, 2.24) is 0 Å². The van der Waals surface area contributed by atoms with Crippen LogP contribution in [0.15, 0.2) is 76.6 Å². The number of carbonyl (C=O) groups excluding carboxylic acids is 2. The molecule has 3 aromatic rings. The maximum Gasteiger partial charge on any atom is 0.343 e. The average molecular weight is 503 g/mol. The van der Waals surface area contributed by atoms with Gasteiger partial charge < -0.3 is 14.2 Å². The smallest absolute Gasteiger partial charge is 0.343 e. The van der Waals surface area contributed by atoms with Gasteiger partial charge in [0.25, 0.3) is 5.91 Å². The minimum atomic E-state index is -0.493. The number of para-hydroxylation sites is 2. The lowest BCUT2D eigenvalue weighted by atomic mass is 10.1. The van der Waals surface area contributed by atoms with Crippen molar-refractivity contribution in [3.05, 3.63) is 88.3 Å². The molecule has 0 saturated carbocycles. The first-order valence-electron chi connectivity index (χ1n) is 11.2. The number of aryl methyl sites for hydroxylation is 2. The van der Waals surface area contributed by atoms with Crippen LogP contribution in [0.2, 0.25) is 0 Å². The fourth-order valence-electron chi connectivity index (χ4n) is 3.61. The minimum Gasteiger partial charge on any atom is -0.493 e. The second-order valence-electron chi connectivity index (χ2n) is 7.99. The Morgan fingerprint density at radius 2 is 1.69 bits per heavy atom. The number of anilines is 1. The molecule has 8 heteroatoms. The largest absolute Gasteiger partial charge is 0.493 e. The van der Waals surface area contributed by atoms with Crippen LogP contribution in [0.5, 0.6) is 11.5 Å². The molecule has 1 saturated heterocycles. The number of esters is 1. The van der Waals surface area contributed by atoms with Gasteiger partial charge in [0.2, 0.25) is 0 Å². The molecule has 0 aliphatic carbocycles. The summed E-state index contributed by atoms with van der Waals surface area (Å²) in [6.45, 7) is 3.73. The van der Waals surface area contributed by atoms with E-state index in [1.807, 2.05) is 62.4 Å². The van der Waals surface area contributed by atoms with Crippen LogP contribution in [-0.2, 0) is 14.3 Å². The van der Waals surface area contributed by atoms with E-state index >= 15 is 0 Å². The molecule has 0 radical (unpaired) electrons. The molecule has 184 valence electrons. The Labute approximate surface area is 214 Å². The lowest BCUT2D eigenvalue weighted by molar-refractivity contribution is -0.142. The van der Waals surface area contributed by atoms with Crippen molar-refractivity contribution >= 4 is 46.3 Å². The number of thioether (sulfide) groups is 1. The second kappa shape index (κ2) is 11.1. The summed E-state index contributed by atoms with van der Waals surface area (Å²) in [6, 6.07) is 20.8. The Kier molecular flexibility index (Phi) is 7.75. The van der Waals surface area contributed by atoms with E-state index in [0.717, 1.165) is 28.1 Å². The van der Waals surface area contributed by atoms with Crippen LogP contribution in [-0.4, -0.2) is 37.9 Å². The number of hydrogen-bond donors (Lipinski definition) is 0. The Balaban J connectivity index is 1.71. The van der Waals surface area contributed by atoms with E-state index in [4.69, 9.17) is 14.5 Å². The molecule has 1 amide bonds. The van der Waals surface area contributed by atoms with Gasteiger partial charge in [-0.1, -0.05) is 42.5 Å². The molecule has 4 rings (SSSR count). The lowest BCUT2D eigenvalue weighted by Crippen LogP contribution is -2.29. The number of ether oxygens (including phenoxy) is 3. The fourth-order valence-corrected chi connectivity index (χ4v) is 4.59. The van der Waals surface area contributed by atoms with E-state index in [2.05, 4.69) is 4.74 Å². The number of nitrogens with zero attached hydrogens (tertiary/aromatic N) is 2. The van der Waals surface area contributed by atoms with Gasteiger partial charge in [-0.25, -0.2) is 9.79 Å². The molecule has 1 aliphatic heterocycles. The van der Waals surface area contributed by atoms with Gasteiger partial charge in [0, 0.05) is 0 Å². The first-order chi connectivity index (χ1) is 17.4. The number of hydrogen-bond acceptors (Lipinski definition) is 7. The van der Waals surface area contributed by atoms with Crippen molar-refractivity contribution in [1.29, 1.82) is 0 Å². The first kappa shape index (κ1) is 25.1. The van der Waals surface area contributed by atoms with Gasteiger partial charge >= 0.3 is 5.97 Å². The molecule has 36 heavy (non-hydrogen) atoms. The summed E-state index contributed by atoms with van der Waals surface area (Å²) in [4.78, 5) is 32.1. The zero-order valence-electron chi connectivity index (χ0n) is 20.5. The number of benzene rings is 3. The summed E-state index contributed by atoms with van der Waals surface area (Å²) >= 11 is 1.32. The average Bonchev–Trinajstić information content (AvgIpc) is 3.18. The van der Waals surface area contributed by atoms with Crippen molar-refractivity contribution in [2.75, 3.05) is 25.7 Å². The van der Waals surface area contributed by atoms with Crippen LogP contribution >= 0.6 is 11.8 Å². The topological polar surface area (TPSA) is 77.4 Å². The van der Waals surface area contributed by atoms with Gasteiger partial charge in [0.15, 0.2) is 23.3 Å². The Morgan fingerprint density at radius 3 is 2.39 bits per heavy atom. The van der Waals surface area contributed by atoms with Crippen LogP contribution in [0.1, 0.15) is 16.7 Å². The molecule has 0 aromatic heterocycles. The van der Waals surface area contributed by atoms with Gasteiger partial charge in [0.1, 0.15) is 0 Å². The fraction of sp³-hybridized carbons (Fsp3) is 0.179. The quantitative estimate of drug-likeness (QED) is 0.306. The van der Waals surface area contributed by atoms with E-state index < -0.39 is 5.97 Å². The first-order valence-corrected chi connectivity index (χ1v) is 12.0. The normalized spacial score (nSPS) is 15.4. The predicted octanol–water partition coefficient (Wildman–Crippen LogP) is 5.67. The third-order valence-electron chi connectivity index (χ3n) is 5.55. The highest BCUT2D eigenvalue weighted by Gasteiger charge is 2.35. The van der Waals surface area contributed by atoms with E-state index in [9.17, 15) is 9.59 Å². The standard InChI is InChI=1S/C28H26N2O5S/c1-18-9-5-7-11-21(18)29-28-30(22-12-8-6-10-19(22)2)27(32)25(36-28)16-20-13-14-23(24(15-20)33-3)35-17-26(31)34-4/h5-16H,17H2,1-4H3/b25-16-,29-28?. The number of aliphatic imine (C=N–C) groups is 1. The van der Waals surface area contributed by atoms with Crippen molar-refractivity contribution in [2.24, 2.45) is 4.99 Å². The van der Waals surface area contributed by atoms with Crippen LogP contribution in [0.4, 0.5) is 11.4 Å². The van der Waals surface area contributed by atoms with E-state index in [-0.39, 0.29) is 12.5 Å². The Bertz CT molecular complexity index is 1370. The summed E-state index contributed by atoms with van der Waals surface area (Å²) in [5.74, 6) is 0.187. The third kappa shape index (κ3) is 5.44. The third-order valence-corrected chi connectivity index (χ3v) is 6.52. The van der Waals surface area contributed by atoms with E-state index in [1.54, 1.807) is 29.2 Å². The second-order valence-corrected chi connectivity index (χ2v) is 9.00. The molecule has 1 aliphatic rings. The predicted molar refractivity (Wildman–Crippen MR) is 143 cm³/mol. The summed E-state index contributed by atoms with van der Waals surface area (Å²) in [6.07, 6.45) is 1.80. The highest BCUT2D eigenvalue weighted by atomic mass is 32.2. The molecule has 0 spiro atoms. The molecule has 0 atom stereocenters. The SMILES string of the molecule is COC(=O)COc1ccc(/C=C2\SC(=Nc3ccccc3C)N(c3ccccc3C)C2=O)cc1OC. The molecule has 1 fully saturated rings. The number of amides is 1. The molecule has 0 N–H and O–H groups in total. The summed E-state index contributed by atoms with van der Waals surface area (Å²) in [5.41, 5.74) is 4.33. The van der Waals surface area contributed by atoms with Crippen molar-refractivity contribution in [3.8, 4) is 11.5 Å². The monoisotopic (exact) mass is 502 g/mol. The summed E-state index contributed by atoms with van der Waals surface area (Å²) < 4.78 is 15.5. The number of methoxy groups -OCH3 is 2. The number of carbonyl (C=O) groups is 2. The van der Waals surface area contributed by atoms with Gasteiger partial charge in [-0.2, -0.15) is 0 Å². The molecule has 0 bridgehead atoms. The number of amidine groups is 1. The molecule has 7 nitrogen and oxygen atoms in total. The van der Waals surface area contributed by atoms with Crippen molar-refractivity contribution in [2.45, 2.75) is 13.8 Å². The molecule has 0 unspecified atom stereocenters. The molecule has 1 heterocycles. The van der Waals surface area contributed by atoms with E-state index in [0.29, 0.717) is 21.6 Å². The lowest BCUT2D eigenvalue weighted by Gasteiger charge is -2.18. The van der Waals surface area contributed by atoms with Crippen molar-refractivity contribution < 1.29 is 23.8 Å². The van der Waals surface area contributed by atoms with Gasteiger partial charge in [0.05, 0.1) is 30.5 Å². The highest BCUT2D eigenvalue weighted by molar-refractivity contribution is 8.19. The van der Waals surface area contributed by atoms with Crippen molar-refractivity contribution in [3.63, 3.8) is 0 Å². The maximum atomic E-state index is 13.6. The van der Waals surface area contributed by atoms with E-state index in [1.165, 1.54) is 26.0 Å². The zero-order valence-corrected chi connectivity index (χ0v) is 21.3. The zero-order chi connectivity index (χ0) is 25.7. The van der Waals surface area contributed by atoms with Gasteiger partial charge in [-0.15, -0.1) is 0 Å². The summed E-state index contributed by atoms with van der Waals surface area (Å²) in [7, 11) is 2.81. The minimum absolute atomic E-state index is 0.161. The van der Waals surface area contributed by atoms with Crippen LogP contribution < -0.4 is 14.4 Å². The van der Waals surface area contributed by atoms with Gasteiger partial charge in [-0.3, -0.25) is 9.69 Å². The highest BCUT2D eigenvalue weighted by Crippen LogP contribution is 2.39. The molecular formula is C28H26N2O5S. The Hall–Kier alpha value is -4.04. The van der Waals surface area contributed by atoms with Crippen LogP contribution in [0, 0.1) is 13.8 Å². The van der Waals surface area contributed by atoms with Crippen LogP contribution in [0.25, 0.3) is 6.08 Å². The maximum absolute atomic E-state index is 13.6. The van der Waals surface area contributed by atoms with Gasteiger partial charge in [-0.05, 0) is 72.6 Å². The molecular weight excluding hydrogens is 476 g/mol.